The molecule has 0 radical (unpaired) electrons. The molecule has 5 nitrogen and oxygen atoms in total. The van der Waals surface area contributed by atoms with E-state index in [1.807, 2.05) is 6.92 Å². The fraction of sp³-hybridized carbons (Fsp3) is 0.500. The minimum atomic E-state index is -2.92. The van der Waals surface area contributed by atoms with E-state index >= 15 is 0 Å². The lowest BCUT2D eigenvalue weighted by Crippen LogP contribution is -2.15. The van der Waals surface area contributed by atoms with E-state index in [0.717, 1.165) is 5.56 Å². The largest absolute Gasteiger partial charge is 0.353 e. The van der Waals surface area contributed by atoms with Crippen LogP contribution >= 0.6 is 0 Å². The molecule has 0 atom stereocenters. The molecule has 0 aliphatic carbocycles. The van der Waals surface area contributed by atoms with E-state index in [2.05, 4.69) is 15.3 Å². The van der Waals surface area contributed by atoms with E-state index in [4.69, 9.17) is 0 Å². The maximum absolute atomic E-state index is 10.8. The fourth-order valence-corrected chi connectivity index (χ4v) is 1.30. The third kappa shape index (κ3) is 4.18. The van der Waals surface area contributed by atoms with Crippen LogP contribution in [0.25, 0.3) is 0 Å². The van der Waals surface area contributed by atoms with Gasteiger partial charge in [0.25, 0.3) is 0 Å². The predicted octanol–water partition coefficient (Wildman–Crippen LogP) is 0.242. The summed E-state index contributed by atoms with van der Waals surface area (Å²) in [4.78, 5) is 7.96. The Balaban J connectivity index is 2.43. The zero-order chi connectivity index (χ0) is 10.6. The standard InChI is InChI=1S/C8H13N3O2S/c1-7-5-10-8(11-6-7)9-3-4-14(2,12)13/h5-6H,3-4H2,1-2H3,(H,9,10,11). The Bertz CT molecular complexity index is 386. The van der Waals surface area contributed by atoms with Crippen molar-refractivity contribution < 1.29 is 8.42 Å². The third-order valence-electron chi connectivity index (χ3n) is 1.54. The number of aromatic nitrogens is 2. The molecule has 0 saturated carbocycles. The molecule has 0 aromatic carbocycles. The Hall–Kier alpha value is -1.17. The van der Waals surface area contributed by atoms with Crippen molar-refractivity contribution in [2.24, 2.45) is 0 Å². The summed E-state index contributed by atoms with van der Waals surface area (Å²) in [6, 6.07) is 0. The van der Waals surface area contributed by atoms with Crippen molar-refractivity contribution in [3.8, 4) is 0 Å². The highest BCUT2D eigenvalue weighted by Crippen LogP contribution is 1.97. The molecule has 0 saturated heterocycles. The number of nitrogens with one attached hydrogen (secondary N) is 1. The van der Waals surface area contributed by atoms with Gasteiger partial charge in [-0.05, 0) is 12.5 Å². The normalized spacial score (nSPS) is 11.3. The fourth-order valence-electron chi connectivity index (χ4n) is 0.832. The minimum absolute atomic E-state index is 0.0875. The average Bonchev–Trinajstić information content (AvgIpc) is 2.06. The summed E-state index contributed by atoms with van der Waals surface area (Å²) in [5, 5.41) is 2.83. The number of nitrogens with zero attached hydrogens (tertiary/aromatic N) is 2. The summed E-state index contributed by atoms with van der Waals surface area (Å²) in [6.45, 7) is 2.22. The molecule has 1 N–H and O–H groups in total. The summed E-state index contributed by atoms with van der Waals surface area (Å²) in [7, 11) is -2.92. The van der Waals surface area contributed by atoms with Gasteiger partial charge in [-0.1, -0.05) is 0 Å². The van der Waals surface area contributed by atoms with Crippen LogP contribution in [0.4, 0.5) is 5.95 Å². The molecule has 6 heteroatoms. The SMILES string of the molecule is Cc1cnc(NCCS(C)(=O)=O)nc1. The van der Waals surface area contributed by atoms with Crippen LogP contribution in [-0.2, 0) is 9.84 Å². The summed E-state index contributed by atoms with van der Waals surface area (Å²) in [6.07, 6.45) is 4.55. The van der Waals surface area contributed by atoms with Gasteiger partial charge in [0.05, 0.1) is 5.75 Å². The zero-order valence-corrected chi connectivity index (χ0v) is 9.00. The Kier molecular flexibility index (Phi) is 3.40. The van der Waals surface area contributed by atoms with Crippen molar-refractivity contribution in [2.45, 2.75) is 6.92 Å². The quantitative estimate of drug-likeness (QED) is 0.779. The van der Waals surface area contributed by atoms with E-state index in [-0.39, 0.29) is 5.75 Å². The number of hydrogen-bond acceptors (Lipinski definition) is 5. The second-order valence-corrected chi connectivity index (χ2v) is 5.40. The lowest BCUT2D eigenvalue weighted by molar-refractivity contribution is 0.602. The molecule has 1 heterocycles. The van der Waals surface area contributed by atoms with Crippen molar-refractivity contribution in [1.82, 2.24) is 9.97 Å². The Morgan fingerprint density at radius 1 is 1.36 bits per heavy atom. The van der Waals surface area contributed by atoms with Crippen LogP contribution in [0.1, 0.15) is 5.56 Å². The van der Waals surface area contributed by atoms with Gasteiger partial charge in [-0.3, -0.25) is 0 Å². The number of hydrogen-bond donors (Lipinski definition) is 1. The molecule has 0 aliphatic heterocycles. The van der Waals surface area contributed by atoms with Gasteiger partial charge in [0.2, 0.25) is 5.95 Å². The Labute approximate surface area is 83.5 Å². The van der Waals surface area contributed by atoms with Gasteiger partial charge < -0.3 is 5.32 Å². The molecular formula is C8H13N3O2S. The maximum atomic E-state index is 10.8. The van der Waals surface area contributed by atoms with Gasteiger partial charge in [0, 0.05) is 25.2 Å². The molecule has 0 spiro atoms. The van der Waals surface area contributed by atoms with Crippen molar-refractivity contribution in [2.75, 3.05) is 23.9 Å². The molecule has 0 unspecified atom stereocenters. The number of anilines is 1. The first kappa shape index (κ1) is 10.9. The predicted molar refractivity (Wildman–Crippen MR) is 55.0 cm³/mol. The molecule has 14 heavy (non-hydrogen) atoms. The molecule has 1 rings (SSSR count). The van der Waals surface area contributed by atoms with Gasteiger partial charge in [-0.2, -0.15) is 0 Å². The molecule has 0 amide bonds. The molecule has 0 bridgehead atoms. The number of aryl methyl sites for hydroxylation is 1. The van der Waals surface area contributed by atoms with Crippen molar-refractivity contribution in [3.05, 3.63) is 18.0 Å². The van der Waals surface area contributed by atoms with E-state index < -0.39 is 9.84 Å². The highest BCUT2D eigenvalue weighted by atomic mass is 32.2. The molecule has 1 aromatic rings. The Morgan fingerprint density at radius 3 is 2.43 bits per heavy atom. The van der Waals surface area contributed by atoms with Crippen LogP contribution in [0.2, 0.25) is 0 Å². The zero-order valence-electron chi connectivity index (χ0n) is 8.19. The van der Waals surface area contributed by atoms with Crippen LogP contribution in [0.3, 0.4) is 0 Å². The summed E-state index contributed by atoms with van der Waals surface area (Å²) < 4.78 is 21.6. The first-order chi connectivity index (χ1) is 6.47. The van der Waals surface area contributed by atoms with Crippen molar-refractivity contribution in [1.29, 1.82) is 0 Å². The summed E-state index contributed by atoms with van der Waals surface area (Å²) in [5.41, 5.74) is 0.971. The van der Waals surface area contributed by atoms with E-state index in [1.165, 1.54) is 6.26 Å². The smallest absolute Gasteiger partial charge is 0.222 e. The van der Waals surface area contributed by atoms with Gasteiger partial charge in [0.15, 0.2) is 0 Å². The monoisotopic (exact) mass is 215 g/mol. The van der Waals surface area contributed by atoms with Crippen LogP contribution in [0.15, 0.2) is 12.4 Å². The molecule has 0 aliphatic rings. The lowest BCUT2D eigenvalue weighted by Gasteiger charge is -2.02. The highest BCUT2D eigenvalue weighted by Gasteiger charge is 2.01. The van der Waals surface area contributed by atoms with Gasteiger partial charge in [0.1, 0.15) is 9.84 Å². The van der Waals surface area contributed by atoms with Gasteiger partial charge in [-0.25, -0.2) is 18.4 Å². The van der Waals surface area contributed by atoms with Crippen molar-refractivity contribution >= 4 is 15.8 Å². The first-order valence-electron chi connectivity index (χ1n) is 4.17. The highest BCUT2D eigenvalue weighted by molar-refractivity contribution is 7.90. The summed E-state index contributed by atoms with van der Waals surface area (Å²) >= 11 is 0. The first-order valence-corrected chi connectivity index (χ1v) is 6.24. The van der Waals surface area contributed by atoms with Crippen LogP contribution < -0.4 is 5.32 Å². The van der Waals surface area contributed by atoms with Crippen molar-refractivity contribution in [3.63, 3.8) is 0 Å². The number of rotatable bonds is 4. The Morgan fingerprint density at radius 2 is 1.93 bits per heavy atom. The second-order valence-electron chi connectivity index (χ2n) is 3.14. The van der Waals surface area contributed by atoms with Crippen LogP contribution in [0, 0.1) is 6.92 Å². The van der Waals surface area contributed by atoms with Gasteiger partial charge >= 0.3 is 0 Å². The average molecular weight is 215 g/mol. The van der Waals surface area contributed by atoms with E-state index in [1.54, 1.807) is 12.4 Å². The van der Waals surface area contributed by atoms with Crippen LogP contribution in [-0.4, -0.2) is 36.9 Å². The molecule has 0 fully saturated rings. The summed E-state index contributed by atoms with van der Waals surface area (Å²) in [5.74, 6) is 0.545. The van der Waals surface area contributed by atoms with Gasteiger partial charge in [-0.15, -0.1) is 0 Å². The third-order valence-corrected chi connectivity index (χ3v) is 2.48. The van der Waals surface area contributed by atoms with E-state index in [9.17, 15) is 8.42 Å². The molecular weight excluding hydrogens is 202 g/mol. The number of sulfone groups is 1. The maximum Gasteiger partial charge on any atom is 0.222 e. The molecule has 78 valence electrons. The lowest BCUT2D eigenvalue weighted by atomic mass is 10.4. The second kappa shape index (κ2) is 4.36. The van der Waals surface area contributed by atoms with Crippen LogP contribution in [0.5, 0.6) is 0 Å². The van der Waals surface area contributed by atoms with E-state index in [0.29, 0.717) is 12.5 Å². The molecule has 1 aromatic heterocycles. The minimum Gasteiger partial charge on any atom is -0.353 e. The topological polar surface area (TPSA) is 72.0 Å².